The molecule has 1 saturated heterocycles. The number of halogens is 1. The molecule has 1 aliphatic heterocycles. The normalized spacial score (nSPS) is 28.7. The summed E-state index contributed by atoms with van der Waals surface area (Å²) in [6, 6.07) is 1.87. The summed E-state index contributed by atoms with van der Waals surface area (Å²) in [5, 5.41) is 33.0. The molecule has 5 N–H and O–H groups in total. The van der Waals surface area contributed by atoms with Crippen molar-refractivity contribution in [3.05, 3.63) is 11.2 Å². The molecule has 0 amide bonds. The number of rotatable bonds is 9. The Kier molecular flexibility index (Phi) is 7.09. The predicted octanol–water partition coefficient (Wildman–Crippen LogP) is 1.17. The van der Waals surface area contributed by atoms with Crippen LogP contribution in [-0.2, 0) is 19.1 Å². The number of hydrogen-bond acceptors (Lipinski definition) is 10. The molecule has 16 heteroatoms. The number of anilines is 1. The van der Waals surface area contributed by atoms with Gasteiger partial charge in [0.2, 0.25) is 0 Å². The van der Waals surface area contributed by atoms with E-state index in [2.05, 4.69) is 20.6 Å². The van der Waals surface area contributed by atoms with Gasteiger partial charge in [-0.15, -0.1) is 5.10 Å². The van der Waals surface area contributed by atoms with Crippen molar-refractivity contribution in [2.45, 2.75) is 80.5 Å². The minimum Gasteiger partial charge on any atom is -0.387 e. The van der Waals surface area contributed by atoms with Gasteiger partial charge in [-0.2, -0.15) is 4.68 Å². The molecule has 2 aromatic heterocycles. The van der Waals surface area contributed by atoms with Gasteiger partial charge in [-0.1, -0.05) is 42.5 Å². The van der Waals surface area contributed by atoms with Crippen molar-refractivity contribution in [3.8, 4) is 0 Å². The predicted molar refractivity (Wildman–Crippen MR) is 129 cm³/mol. The molecular formula is C20H29ClN5O8PS. The monoisotopic (exact) mass is 565 g/mol. The second-order valence-corrected chi connectivity index (χ2v) is 14.7. The molecule has 0 aromatic carbocycles. The number of aromatic nitrogens is 4. The van der Waals surface area contributed by atoms with Gasteiger partial charge in [-0.25, -0.2) is 13.4 Å². The average molecular weight is 566 g/mol. The van der Waals surface area contributed by atoms with Crippen LogP contribution in [0.1, 0.15) is 51.2 Å². The topological polar surface area (TPSA) is 197 Å². The third kappa shape index (κ3) is 5.28. The highest BCUT2D eigenvalue weighted by Crippen LogP contribution is 2.51. The molecule has 0 spiro atoms. The van der Waals surface area contributed by atoms with E-state index in [4.69, 9.17) is 16.3 Å². The Bertz CT molecular complexity index is 1280. The smallest absolute Gasteiger partial charge is 0.343 e. The standard InChI is InChI=1S/C20H29ClN5O8PS/c21-14-8-12(22-11-3-1-2-4-11)16-19(23-14)26(25-24-16)20-18(28)17(27)13(34-20)9-36(32,33)15(35(29,30)31)7-10-5-6-10/h8,10-11,13,15,17-18,20,27-28H,1-7,9H2,(H,22,23)(H2,29,30,31)/t13-,15?,17-,18-,20-/m1/s1. The average Bonchev–Trinajstić information content (AvgIpc) is 3.16. The lowest BCUT2D eigenvalue weighted by atomic mass is 10.1. The van der Waals surface area contributed by atoms with Gasteiger partial charge in [0.25, 0.3) is 0 Å². The molecule has 200 valence electrons. The lowest BCUT2D eigenvalue weighted by molar-refractivity contribution is -0.0375. The summed E-state index contributed by atoms with van der Waals surface area (Å²) in [6.45, 7) is 0. The highest BCUT2D eigenvalue weighted by Gasteiger charge is 2.50. The van der Waals surface area contributed by atoms with E-state index in [1.54, 1.807) is 6.07 Å². The van der Waals surface area contributed by atoms with Crippen LogP contribution in [0.3, 0.4) is 0 Å². The van der Waals surface area contributed by atoms with Crippen LogP contribution in [0.4, 0.5) is 5.69 Å². The number of sulfone groups is 1. The van der Waals surface area contributed by atoms with Crippen LogP contribution in [0.2, 0.25) is 5.15 Å². The van der Waals surface area contributed by atoms with Gasteiger partial charge < -0.3 is 30.1 Å². The van der Waals surface area contributed by atoms with Gasteiger partial charge >= 0.3 is 7.60 Å². The van der Waals surface area contributed by atoms with E-state index in [1.165, 1.54) is 0 Å². The van der Waals surface area contributed by atoms with E-state index < -0.39 is 52.7 Å². The molecule has 2 aliphatic carbocycles. The van der Waals surface area contributed by atoms with E-state index in [9.17, 15) is 33.0 Å². The number of hydrogen-bond donors (Lipinski definition) is 5. The summed E-state index contributed by atoms with van der Waals surface area (Å²) < 4.78 is 44.7. The SMILES string of the molecule is O=P(O)(O)C(CC1CC1)S(=O)(=O)C[C@H]1O[C@@H](n2nnc3c(NC4CCCC4)cc(Cl)nc32)[C@H](O)[C@@H]1O. The third-order valence-corrected chi connectivity index (χ3v) is 11.9. The maximum Gasteiger partial charge on any atom is 0.343 e. The quantitative estimate of drug-likeness (QED) is 0.215. The molecule has 3 fully saturated rings. The number of fused-ring (bicyclic) bond motifs is 1. The van der Waals surface area contributed by atoms with Crippen LogP contribution in [-0.4, -0.2) is 83.5 Å². The van der Waals surface area contributed by atoms with Crippen molar-refractivity contribution in [2.75, 3.05) is 11.1 Å². The maximum absolute atomic E-state index is 13.0. The van der Waals surface area contributed by atoms with Gasteiger partial charge in [-0.3, -0.25) is 4.57 Å². The molecule has 0 bridgehead atoms. The Hall–Kier alpha value is -1.38. The third-order valence-electron chi connectivity index (χ3n) is 7.11. The van der Waals surface area contributed by atoms with Crippen molar-refractivity contribution < 1.29 is 37.7 Å². The van der Waals surface area contributed by atoms with Gasteiger partial charge in [0.1, 0.15) is 23.5 Å². The van der Waals surface area contributed by atoms with E-state index in [0.29, 0.717) is 24.0 Å². The van der Waals surface area contributed by atoms with Crippen molar-refractivity contribution in [2.24, 2.45) is 5.92 Å². The van der Waals surface area contributed by atoms with Crippen LogP contribution >= 0.6 is 19.2 Å². The minimum atomic E-state index is -4.97. The molecule has 1 unspecified atom stereocenters. The van der Waals surface area contributed by atoms with E-state index in [1.807, 2.05) is 0 Å². The van der Waals surface area contributed by atoms with Gasteiger partial charge in [0.05, 0.1) is 11.4 Å². The fourth-order valence-corrected chi connectivity index (χ4v) is 9.22. The molecule has 2 saturated carbocycles. The Labute approximate surface area is 212 Å². The molecule has 5 rings (SSSR count). The highest BCUT2D eigenvalue weighted by molar-refractivity contribution is 7.98. The molecule has 13 nitrogen and oxygen atoms in total. The minimum absolute atomic E-state index is 0.0606. The Balaban J connectivity index is 1.39. The first kappa shape index (κ1) is 26.2. The Morgan fingerprint density at radius 3 is 2.53 bits per heavy atom. The number of ether oxygens (including phenoxy) is 1. The Morgan fingerprint density at radius 1 is 1.19 bits per heavy atom. The first-order valence-corrected chi connectivity index (χ1v) is 15.7. The van der Waals surface area contributed by atoms with Gasteiger partial charge in [0.15, 0.2) is 32.2 Å². The molecule has 5 atom stereocenters. The molecule has 3 heterocycles. The fraction of sp³-hybridized carbons (Fsp3) is 0.750. The summed E-state index contributed by atoms with van der Waals surface area (Å²) in [7, 11) is -9.36. The van der Waals surface area contributed by atoms with Gasteiger partial charge in [-0.05, 0) is 25.2 Å². The van der Waals surface area contributed by atoms with Crippen molar-refractivity contribution in [1.29, 1.82) is 0 Å². The summed E-state index contributed by atoms with van der Waals surface area (Å²) in [4.78, 5) is 21.7. The summed E-state index contributed by atoms with van der Waals surface area (Å²) >= 11 is 6.22. The number of nitrogens with one attached hydrogen (secondary N) is 1. The molecule has 0 radical (unpaired) electrons. The van der Waals surface area contributed by atoms with Crippen molar-refractivity contribution in [1.82, 2.24) is 20.0 Å². The van der Waals surface area contributed by atoms with Crippen LogP contribution in [0.25, 0.3) is 11.2 Å². The first-order chi connectivity index (χ1) is 16.9. The fourth-order valence-electron chi connectivity index (χ4n) is 5.00. The van der Waals surface area contributed by atoms with Crippen LogP contribution in [0.15, 0.2) is 6.07 Å². The number of nitrogens with zero attached hydrogens (tertiary/aromatic N) is 4. The maximum atomic E-state index is 13.0. The zero-order chi connectivity index (χ0) is 25.8. The first-order valence-electron chi connectivity index (χ1n) is 11.9. The second kappa shape index (κ2) is 9.73. The number of aliphatic hydroxyl groups excluding tert-OH is 2. The van der Waals surface area contributed by atoms with Crippen LogP contribution < -0.4 is 5.32 Å². The molecular weight excluding hydrogens is 537 g/mol. The van der Waals surface area contributed by atoms with Crippen LogP contribution in [0, 0.1) is 5.92 Å². The second-order valence-electron chi connectivity index (χ2n) is 9.92. The number of pyridine rings is 1. The van der Waals surface area contributed by atoms with E-state index >= 15 is 0 Å². The molecule has 2 aromatic rings. The summed E-state index contributed by atoms with van der Waals surface area (Å²) in [5.41, 5.74) is 1.16. The van der Waals surface area contributed by atoms with E-state index in [-0.39, 0.29) is 29.2 Å². The molecule has 36 heavy (non-hydrogen) atoms. The van der Waals surface area contributed by atoms with Crippen molar-refractivity contribution in [3.63, 3.8) is 0 Å². The highest BCUT2D eigenvalue weighted by atomic mass is 35.5. The lowest BCUT2D eigenvalue weighted by Crippen LogP contribution is -2.38. The Morgan fingerprint density at radius 2 is 1.89 bits per heavy atom. The van der Waals surface area contributed by atoms with Crippen molar-refractivity contribution >= 4 is 45.9 Å². The zero-order valence-corrected chi connectivity index (χ0v) is 21.7. The lowest BCUT2D eigenvalue weighted by Gasteiger charge is -2.22. The zero-order valence-electron chi connectivity index (χ0n) is 19.2. The number of aliphatic hydroxyl groups is 2. The summed E-state index contributed by atoms with van der Waals surface area (Å²) in [5.74, 6) is -0.936. The van der Waals surface area contributed by atoms with Crippen LogP contribution in [0.5, 0.6) is 0 Å². The summed E-state index contributed by atoms with van der Waals surface area (Å²) in [6.07, 6.45) is -0.558. The largest absolute Gasteiger partial charge is 0.387 e. The molecule has 3 aliphatic rings. The van der Waals surface area contributed by atoms with Gasteiger partial charge in [0, 0.05) is 12.1 Å². The van der Waals surface area contributed by atoms with E-state index in [0.717, 1.165) is 30.4 Å².